The van der Waals surface area contributed by atoms with E-state index < -0.39 is 0 Å². The van der Waals surface area contributed by atoms with Crippen LogP contribution in [0.15, 0.2) is 229 Å². The van der Waals surface area contributed by atoms with Gasteiger partial charge in [-0.3, -0.25) is 0 Å². The first-order chi connectivity index (χ1) is 34.0. The van der Waals surface area contributed by atoms with Gasteiger partial charge in [0.25, 0.3) is 0 Å². The highest BCUT2D eigenvalue weighted by atomic mass is 16.3. The van der Waals surface area contributed by atoms with Crippen LogP contribution in [-0.2, 0) is 10.8 Å². The first-order valence-electron chi connectivity index (χ1n) is 24.6. The van der Waals surface area contributed by atoms with Gasteiger partial charge in [-0.05, 0) is 112 Å². The Bertz CT molecular complexity index is 3930. The van der Waals surface area contributed by atoms with Crippen LogP contribution in [0, 0.1) is 0 Å². The zero-order valence-electron chi connectivity index (χ0n) is 40.7. The smallest absolute Gasteiger partial charge is 0.143 e. The van der Waals surface area contributed by atoms with Gasteiger partial charge in [0.2, 0.25) is 0 Å². The molecule has 0 aliphatic rings. The second kappa shape index (κ2) is 16.8. The summed E-state index contributed by atoms with van der Waals surface area (Å²) in [5.41, 5.74) is 17.0. The summed E-state index contributed by atoms with van der Waals surface area (Å²) in [6, 6.07) is 82.7. The molecule has 0 aliphatic carbocycles. The molecule has 0 fully saturated rings. The molecule has 338 valence electrons. The van der Waals surface area contributed by atoms with Crippen molar-refractivity contribution in [2.75, 3.05) is 4.90 Å². The fourth-order valence-electron chi connectivity index (χ4n) is 10.7. The van der Waals surface area contributed by atoms with E-state index in [9.17, 15) is 0 Å². The molecular weight excluding hydrogens is 847 g/mol. The van der Waals surface area contributed by atoms with Gasteiger partial charge in [-0.2, -0.15) is 0 Å². The Morgan fingerprint density at radius 1 is 0.329 bits per heavy atom. The van der Waals surface area contributed by atoms with Gasteiger partial charge in [-0.15, -0.1) is 0 Å². The van der Waals surface area contributed by atoms with E-state index in [1.807, 2.05) is 6.07 Å². The molecule has 12 aromatic rings. The highest BCUT2D eigenvalue weighted by Gasteiger charge is 2.25. The Hall–Kier alpha value is -8.20. The monoisotopic (exact) mass is 901 g/mol. The molecule has 0 N–H and O–H groups in total. The van der Waals surface area contributed by atoms with Gasteiger partial charge in [-0.25, -0.2) is 0 Å². The van der Waals surface area contributed by atoms with Crippen LogP contribution < -0.4 is 4.90 Å². The Morgan fingerprint density at radius 3 is 1.54 bits per heavy atom. The van der Waals surface area contributed by atoms with E-state index in [0.29, 0.717) is 0 Å². The molecule has 0 atom stereocenters. The van der Waals surface area contributed by atoms with Crippen molar-refractivity contribution in [3.63, 3.8) is 0 Å². The van der Waals surface area contributed by atoms with Gasteiger partial charge in [0.1, 0.15) is 11.2 Å². The first-order valence-corrected chi connectivity index (χ1v) is 24.6. The van der Waals surface area contributed by atoms with E-state index in [1.54, 1.807) is 0 Å². The van der Waals surface area contributed by atoms with Crippen LogP contribution in [0.5, 0.6) is 0 Å². The van der Waals surface area contributed by atoms with Crippen molar-refractivity contribution in [3.8, 4) is 44.5 Å². The minimum atomic E-state index is -0.0186. The fraction of sp³-hybridized carbons (Fsp3) is 0.118. The lowest BCUT2D eigenvalue weighted by molar-refractivity contribution is 0.569. The lowest BCUT2D eigenvalue weighted by Gasteiger charge is -2.30. The number of rotatable bonds is 7. The standard InChI is InChI=1S/C68H55NO/c1-67(2,3)48-41-47(42-49(43-48)68(4,5)6)52-26-15-20-46-21-16-30-60(65(46)52)58-24-10-13-33-63(58)69(50-38-35-45(36-39-50)53-27-17-31-61-59-25-11-14-34-64(59)70-66(53)61)62-32-12-9-23-57(62)55-29-18-28-54-51-22-8-7-19-44(51)37-40-56(54)55/h7-43H,1-6H3. The molecule has 0 amide bonds. The largest absolute Gasteiger partial charge is 0.455 e. The SMILES string of the molecule is CC(C)(C)c1cc(-c2cccc3cccc(-c4ccccc4N(c4ccc(-c5cccc6c5oc5ccccc56)cc4)c4ccccc4-c4cccc5c4ccc4ccccc45)c23)cc(C(C)(C)C)c1. The van der Waals surface area contributed by atoms with Crippen LogP contribution in [0.4, 0.5) is 17.1 Å². The molecule has 0 radical (unpaired) electrons. The summed E-state index contributed by atoms with van der Waals surface area (Å²) in [7, 11) is 0. The third-order valence-corrected chi connectivity index (χ3v) is 14.4. The number of anilines is 3. The second-order valence-corrected chi connectivity index (χ2v) is 20.9. The van der Waals surface area contributed by atoms with Crippen molar-refractivity contribution < 1.29 is 4.42 Å². The molecular formula is C68H55NO. The molecule has 12 rings (SSSR count). The number of nitrogens with zero attached hydrogens (tertiary/aromatic N) is 1. The molecule has 1 aromatic heterocycles. The Balaban J connectivity index is 1.09. The number of hydrogen-bond donors (Lipinski definition) is 0. The second-order valence-electron chi connectivity index (χ2n) is 20.9. The van der Waals surface area contributed by atoms with Crippen molar-refractivity contribution in [1.82, 2.24) is 0 Å². The number of benzene rings is 11. The lowest BCUT2D eigenvalue weighted by Crippen LogP contribution is -2.16. The zero-order valence-corrected chi connectivity index (χ0v) is 40.7. The van der Waals surface area contributed by atoms with Crippen molar-refractivity contribution in [2.24, 2.45) is 0 Å². The predicted octanol–water partition coefficient (Wildman–Crippen LogP) is 19.8. The van der Waals surface area contributed by atoms with Gasteiger partial charge in [0.05, 0.1) is 11.4 Å². The minimum Gasteiger partial charge on any atom is -0.455 e. The van der Waals surface area contributed by atoms with E-state index in [-0.39, 0.29) is 10.8 Å². The van der Waals surface area contributed by atoms with Crippen molar-refractivity contribution in [2.45, 2.75) is 52.4 Å². The topological polar surface area (TPSA) is 16.4 Å². The molecule has 0 aliphatic heterocycles. The molecule has 0 unspecified atom stereocenters. The van der Waals surface area contributed by atoms with Gasteiger partial charge in [0, 0.05) is 33.2 Å². The van der Waals surface area contributed by atoms with Gasteiger partial charge in [0.15, 0.2) is 0 Å². The molecule has 2 nitrogen and oxygen atoms in total. The summed E-state index contributed by atoms with van der Waals surface area (Å²) in [4.78, 5) is 2.48. The summed E-state index contributed by atoms with van der Waals surface area (Å²) in [5, 5.41) is 9.67. The molecule has 0 spiro atoms. The summed E-state index contributed by atoms with van der Waals surface area (Å²) in [6.07, 6.45) is 0. The van der Waals surface area contributed by atoms with Crippen molar-refractivity contribution >= 4 is 71.3 Å². The van der Waals surface area contributed by atoms with Crippen LogP contribution in [0.3, 0.4) is 0 Å². The van der Waals surface area contributed by atoms with Gasteiger partial charge >= 0.3 is 0 Å². The third kappa shape index (κ3) is 7.43. The zero-order chi connectivity index (χ0) is 47.7. The molecule has 1 heterocycles. The summed E-state index contributed by atoms with van der Waals surface area (Å²) in [5.74, 6) is 0. The number of para-hydroxylation sites is 4. The number of fused-ring (bicyclic) bond motifs is 7. The first kappa shape index (κ1) is 43.1. The summed E-state index contributed by atoms with van der Waals surface area (Å²) in [6.45, 7) is 13.9. The molecule has 11 aromatic carbocycles. The average Bonchev–Trinajstić information content (AvgIpc) is 3.77. The van der Waals surface area contributed by atoms with E-state index in [0.717, 1.165) is 61.3 Å². The highest BCUT2D eigenvalue weighted by Crippen LogP contribution is 2.49. The van der Waals surface area contributed by atoms with E-state index >= 15 is 0 Å². The molecule has 0 saturated carbocycles. The van der Waals surface area contributed by atoms with Crippen LogP contribution in [0.25, 0.3) is 98.8 Å². The predicted molar refractivity (Wildman–Crippen MR) is 300 cm³/mol. The number of furan rings is 1. The van der Waals surface area contributed by atoms with Gasteiger partial charge < -0.3 is 9.32 Å². The Labute approximate surface area is 411 Å². The maximum atomic E-state index is 6.56. The van der Waals surface area contributed by atoms with Crippen LogP contribution in [0.1, 0.15) is 52.7 Å². The van der Waals surface area contributed by atoms with E-state index in [4.69, 9.17) is 4.42 Å². The van der Waals surface area contributed by atoms with E-state index in [1.165, 1.54) is 65.7 Å². The Kier molecular flexibility index (Phi) is 10.3. The summed E-state index contributed by atoms with van der Waals surface area (Å²) < 4.78 is 6.56. The normalized spacial score (nSPS) is 12.1. The summed E-state index contributed by atoms with van der Waals surface area (Å²) >= 11 is 0. The molecule has 0 saturated heterocycles. The maximum absolute atomic E-state index is 6.56. The quantitative estimate of drug-likeness (QED) is 0.148. The molecule has 0 bridgehead atoms. The third-order valence-electron chi connectivity index (χ3n) is 14.4. The molecule has 2 heteroatoms. The van der Waals surface area contributed by atoms with Crippen LogP contribution in [0.2, 0.25) is 0 Å². The molecule has 70 heavy (non-hydrogen) atoms. The van der Waals surface area contributed by atoms with Crippen LogP contribution >= 0.6 is 0 Å². The fourth-order valence-corrected chi connectivity index (χ4v) is 10.7. The van der Waals surface area contributed by atoms with Crippen molar-refractivity contribution in [3.05, 3.63) is 236 Å². The lowest BCUT2D eigenvalue weighted by atomic mass is 9.78. The van der Waals surface area contributed by atoms with Gasteiger partial charge in [-0.1, -0.05) is 236 Å². The van der Waals surface area contributed by atoms with Crippen LogP contribution in [-0.4, -0.2) is 0 Å². The minimum absolute atomic E-state index is 0.0186. The highest BCUT2D eigenvalue weighted by molar-refractivity contribution is 6.14. The van der Waals surface area contributed by atoms with Crippen molar-refractivity contribution in [1.29, 1.82) is 0 Å². The van der Waals surface area contributed by atoms with E-state index in [2.05, 4.69) is 265 Å². The average molecular weight is 902 g/mol. The Morgan fingerprint density at radius 2 is 0.843 bits per heavy atom. The number of hydrogen-bond acceptors (Lipinski definition) is 2. The maximum Gasteiger partial charge on any atom is 0.143 e.